The first-order valence-corrected chi connectivity index (χ1v) is 11.1. The van der Waals surface area contributed by atoms with E-state index in [9.17, 15) is 19.5 Å². The predicted octanol–water partition coefficient (Wildman–Crippen LogP) is 2.68. The number of para-hydroxylation sites is 1. The lowest BCUT2D eigenvalue weighted by molar-refractivity contribution is 0.0661. The van der Waals surface area contributed by atoms with Crippen LogP contribution in [0.3, 0.4) is 0 Å². The summed E-state index contributed by atoms with van der Waals surface area (Å²) < 4.78 is 0. The molecule has 1 fully saturated rings. The molecule has 1 atom stereocenters. The largest absolute Gasteiger partial charge is 0.505 e. The van der Waals surface area contributed by atoms with Crippen LogP contribution in [0.1, 0.15) is 35.3 Å². The van der Waals surface area contributed by atoms with Gasteiger partial charge in [-0.1, -0.05) is 43.3 Å². The third-order valence-corrected chi connectivity index (χ3v) is 6.16. The van der Waals surface area contributed by atoms with E-state index in [0.29, 0.717) is 19.5 Å². The van der Waals surface area contributed by atoms with Gasteiger partial charge in [0.1, 0.15) is 11.4 Å². The van der Waals surface area contributed by atoms with Crippen LogP contribution in [0.4, 0.5) is 17.1 Å². The van der Waals surface area contributed by atoms with E-state index in [0.717, 1.165) is 18.7 Å². The van der Waals surface area contributed by atoms with Crippen LogP contribution in [0.2, 0.25) is 0 Å². The number of nitrogens with one attached hydrogen (secondary N) is 2. The Kier molecular flexibility index (Phi) is 6.46. The normalized spacial score (nSPS) is 15.4. The minimum atomic E-state index is -0.657. The zero-order chi connectivity index (χ0) is 23.5. The number of piperazine rings is 1. The number of amides is 1. The molecule has 0 bridgehead atoms. The van der Waals surface area contributed by atoms with Gasteiger partial charge in [0.05, 0.1) is 17.3 Å². The number of carbonyl (C=O) groups is 1. The van der Waals surface area contributed by atoms with Crippen molar-refractivity contribution in [1.29, 1.82) is 0 Å². The third-order valence-electron chi connectivity index (χ3n) is 6.16. The maximum atomic E-state index is 12.9. The van der Waals surface area contributed by atoms with Crippen LogP contribution in [-0.2, 0) is 0 Å². The maximum absolute atomic E-state index is 12.9. The van der Waals surface area contributed by atoms with Crippen LogP contribution < -0.4 is 21.5 Å². The van der Waals surface area contributed by atoms with E-state index in [2.05, 4.69) is 15.5 Å². The lowest BCUT2D eigenvalue weighted by atomic mass is 10.0. The van der Waals surface area contributed by atoms with Gasteiger partial charge in [0.25, 0.3) is 16.8 Å². The number of phenols is 1. The second kappa shape index (κ2) is 9.46. The summed E-state index contributed by atoms with van der Waals surface area (Å²) in [5.41, 5.74) is 0.388. The lowest BCUT2D eigenvalue weighted by Crippen LogP contribution is -2.47. The summed E-state index contributed by atoms with van der Waals surface area (Å²) in [5.74, 6) is -0.502. The number of anilines is 3. The van der Waals surface area contributed by atoms with Gasteiger partial charge in [0.15, 0.2) is 5.75 Å². The topological polar surface area (TPSA) is 102 Å². The van der Waals surface area contributed by atoms with Gasteiger partial charge in [-0.2, -0.15) is 0 Å². The maximum Gasteiger partial charge on any atom is 0.257 e. The first-order chi connectivity index (χ1) is 15.9. The minimum absolute atomic E-state index is 0.0916. The van der Waals surface area contributed by atoms with Crippen molar-refractivity contribution in [2.45, 2.75) is 19.4 Å². The quantitative estimate of drug-likeness (QED) is 0.377. The molecule has 0 unspecified atom stereocenters. The molecule has 0 saturated carbocycles. The molecule has 1 heterocycles. The molecule has 0 aromatic heterocycles. The standard InChI is InChI=1S/C25H28N4O4/c1-3-18(16-8-5-4-6-9-16)26-20-21(24(32)23(20)31)27-19-11-7-10-17(22(19)30)25(33)29-14-12-28(2)13-15-29/h4-11,18,26-27,30H,3,12-15H2,1-2H3/t18-/m1/s1. The first kappa shape index (κ1) is 22.5. The van der Waals surface area contributed by atoms with E-state index in [1.165, 1.54) is 0 Å². The van der Waals surface area contributed by atoms with E-state index in [4.69, 9.17) is 0 Å². The number of phenolic OH excluding ortho intramolecular Hbond substituents is 1. The van der Waals surface area contributed by atoms with Crippen molar-refractivity contribution in [3.05, 3.63) is 80.1 Å². The molecule has 1 aliphatic heterocycles. The number of carbonyl (C=O) groups excluding carboxylic acids is 1. The fourth-order valence-corrected chi connectivity index (χ4v) is 4.06. The molecule has 33 heavy (non-hydrogen) atoms. The molecule has 3 N–H and O–H groups in total. The summed E-state index contributed by atoms with van der Waals surface area (Å²) in [4.78, 5) is 41.4. The number of nitrogens with zero attached hydrogens (tertiary/aromatic N) is 2. The molecule has 172 valence electrons. The van der Waals surface area contributed by atoms with E-state index < -0.39 is 10.9 Å². The molecule has 1 saturated heterocycles. The van der Waals surface area contributed by atoms with Gasteiger partial charge < -0.3 is 25.5 Å². The Labute approximate surface area is 192 Å². The highest BCUT2D eigenvalue weighted by Gasteiger charge is 2.27. The molecule has 3 aromatic rings. The summed E-state index contributed by atoms with van der Waals surface area (Å²) in [5, 5.41) is 16.8. The molecular formula is C25H28N4O4. The Bertz CT molecular complexity index is 1210. The van der Waals surface area contributed by atoms with Crippen molar-refractivity contribution in [1.82, 2.24) is 9.80 Å². The zero-order valence-corrected chi connectivity index (χ0v) is 18.8. The molecule has 8 heteroatoms. The summed E-state index contributed by atoms with van der Waals surface area (Å²) in [6, 6.07) is 14.3. The Morgan fingerprint density at radius 3 is 2.30 bits per heavy atom. The van der Waals surface area contributed by atoms with Crippen LogP contribution in [0.25, 0.3) is 0 Å². The van der Waals surface area contributed by atoms with Crippen LogP contribution in [0, 0.1) is 0 Å². The SMILES string of the molecule is CC[C@@H](Nc1c(Nc2cccc(C(=O)N3CCN(C)CC3)c2O)c(=O)c1=O)c1ccccc1. The molecule has 0 radical (unpaired) electrons. The Morgan fingerprint density at radius 1 is 0.970 bits per heavy atom. The van der Waals surface area contributed by atoms with Crippen molar-refractivity contribution in [2.75, 3.05) is 43.9 Å². The van der Waals surface area contributed by atoms with Crippen LogP contribution in [-0.4, -0.2) is 54.0 Å². The van der Waals surface area contributed by atoms with Crippen LogP contribution in [0.5, 0.6) is 5.75 Å². The van der Waals surface area contributed by atoms with Crippen molar-refractivity contribution in [2.24, 2.45) is 0 Å². The fraction of sp³-hybridized carbons (Fsp3) is 0.320. The zero-order valence-electron chi connectivity index (χ0n) is 18.8. The Morgan fingerprint density at radius 2 is 1.64 bits per heavy atom. The fourth-order valence-electron chi connectivity index (χ4n) is 4.06. The second-order valence-electron chi connectivity index (χ2n) is 8.35. The average Bonchev–Trinajstić information content (AvgIpc) is 2.85. The van der Waals surface area contributed by atoms with Gasteiger partial charge >= 0.3 is 0 Å². The molecule has 3 aromatic carbocycles. The molecular weight excluding hydrogens is 420 g/mol. The summed E-state index contributed by atoms with van der Waals surface area (Å²) in [7, 11) is 2.00. The number of likely N-dealkylation sites (N-methyl/N-ethyl adjacent to an activating group) is 1. The number of rotatable bonds is 7. The van der Waals surface area contributed by atoms with Crippen molar-refractivity contribution in [3.8, 4) is 5.75 Å². The molecule has 1 aliphatic rings. The van der Waals surface area contributed by atoms with E-state index in [-0.39, 0.29) is 40.3 Å². The smallest absolute Gasteiger partial charge is 0.257 e. The van der Waals surface area contributed by atoms with Gasteiger partial charge in [-0.25, -0.2) is 0 Å². The third kappa shape index (κ3) is 4.47. The Balaban J connectivity index is 1.56. The number of hydrogen-bond donors (Lipinski definition) is 3. The first-order valence-electron chi connectivity index (χ1n) is 11.1. The van der Waals surface area contributed by atoms with Gasteiger partial charge in [-0.3, -0.25) is 14.4 Å². The van der Waals surface area contributed by atoms with Crippen LogP contribution in [0.15, 0.2) is 58.1 Å². The van der Waals surface area contributed by atoms with Gasteiger partial charge in [0.2, 0.25) is 0 Å². The molecule has 8 nitrogen and oxygen atoms in total. The molecule has 0 aliphatic carbocycles. The van der Waals surface area contributed by atoms with Gasteiger partial charge in [-0.15, -0.1) is 0 Å². The monoisotopic (exact) mass is 448 g/mol. The van der Waals surface area contributed by atoms with Gasteiger partial charge in [-0.05, 0) is 31.2 Å². The number of aromatic hydroxyl groups is 1. The average molecular weight is 449 g/mol. The number of hydrogen-bond acceptors (Lipinski definition) is 7. The van der Waals surface area contributed by atoms with E-state index in [1.807, 2.05) is 44.3 Å². The number of benzene rings is 2. The van der Waals surface area contributed by atoms with E-state index >= 15 is 0 Å². The lowest BCUT2D eigenvalue weighted by Gasteiger charge is -2.32. The highest BCUT2D eigenvalue weighted by Crippen LogP contribution is 2.33. The minimum Gasteiger partial charge on any atom is -0.505 e. The summed E-state index contributed by atoms with van der Waals surface area (Å²) in [6.45, 7) is 4.68. The summed E-state index contributed by atoms with van der Waals surface area (Å²) in [6.07, 6.45) is 0.711. The van der Waals surface area contributed by atoms with E-state index in [1.54, 1.807) is 23.1 Å². The Hall–Kier alpha value is -3.65. The highest BCUT2D eigenvalue weighted by atomic mass is 16.3. The van der Waals surface area contributed by atoms with Gasteiger partial charge in [0, 0.05) is 26.2 Å². The highest BCUT2D eigenvalue weighted by molar-refractivity contribution is 5.99. The summed E-state index contributed by atoms with van der Waals surface area (Å²) >= 11 is 0. The predicted molar refractivity (Wildman–Crippen MR) is 129 cm³/mol. The second-order valence-corrected chi connectivity index (χ2v) is 8.35. The van der Waals surface area contributed by atoms with Crippen molar-refractivity contribution >= 4 is 23.0 Å². The van der Waals surface area contributed by atoms with Crippen LogP contribution >= 0.6 is 0 Å². The van der Waals surface area contributed by atoms with Crippen molar-refractivity contribution in [3.63, 3.8) is 0 Å². The molecule has 1 amide bonds. The van der Waals surface area contributed by atoms with Crippen molar-refractivity contribution < 1.29 is 9.90 Å². The molecule has 4 rings (SSSR count). The molecule has 0 spiro atoms.